The Morgan fingerprint density at radius 1 is 1.34 bits per heavy atom. The van der Waals surface area contributed by atoms with Gasteiger partial charge in [0.1, 0.15) is 6.61 Å². The maximum Gasteiger partial charge on any atom is 0.226 e. The molecule has 0 spiro atoms. The van der Waals surface area contributed by atoms with Crippen LogP contribution in [0.15, 0.2) is 40.2 Å². The van der Waals surface area contributed by atoms with Gasteiger partial charge in [-0.3, -0.25) is 4.79 Å². The van der Waals surface area contributed by atoms with Gasteiger partial charge in [-0.15, -0.1) is 17.8 Å². The highest BCUT2D eigenvalue weighted by atomic mass is 32.1. The number of amides is 1. The molecule has 0 saturated carbocycles. The van der Waals surface area contributed by atoms with Crippen LogP contribution in [0.2, 0.25) is 0 Å². The Morgan fingerprint density at radius 2 is 2.24 bits per heavy atom. The van der Waals surface area contributed by atoms with E-state index < -0.39 is 0 Å². The molecular formula is C21H21N3O4S. The van der Waals surface area contributed by atoms with Crippen molar-refractivity contribution in [2.75, 3.05) is 13.7 Å². The number of rotatable bonds is 10. The fourth-order valence-corrected chi connectivity index (χ4v) is 3.26. The van der Waals surface area contributed by atoms with Crippen LogP contribution in [0, 0.1) is 12.3 Å². The van der Waals surface area contributed by atoms with Gasteiger partial charge in [-0.25, -0.2) is 0 Å². The molecule has 1 amide bonds. The highest BCUT2D eigenvalue weighted by Crippen LogP contribution is 2.28. The highest BCUT2D eigenvalue weighted by molar-refractivity contribution is 7.13. The zero-order chi connectivity index (χ0) is 20.5. The van der Waals surface area contributed by atoms with Crippen molar-refractivity contribution in [3.63, 3.8) is 0 Å². The molecule has 0 saturated heterocycles. The first-order chi connectivity index (χ1) is 14.2. The molecular weight excluding hydrogens is 390 g/mol. The average Bonchev–Trinajstić information content (AvgIpc) is 3.42. The number of benzene rings is 1. The summed E-state index contributed by atoms with van der Waals surface area (Å²) in [6, 6.07) is 9.34. The van der Waals surface area contributed by atoms with Gasteiger partial charge in [0, 0.05) is 19.4 Å². The van der Waals surface area contributed by atoms with Crippen LogP contribution in [0.5, 0.6) is 11.5 Å². The molecule has 0 aliphatic heterocycles. The molecule has 7 nitrogen and oxygen atoms in total. The van der Waals surface area contributed by atoms with E-state index in [9.17, 15) is 4.79 Å². The Kier molecular flexibility index (Phi) is 7.25. The summed E-state index contributed by atoms with van der Waals surface area (Å²) in [5.74, 6) is 4.63. The number of hydrogen-bond acceptors (Lipinski definition) is 7. The van der Waals surface area contributed by atoms with Crippen LogP contribution >= 0.6 is 11.3 Å². The number of nitrogens with one attached hydrogen (secondary N) is 1. The number of aryl methyl sites for hydroxylation is 1. The summed E-state index contributed by atoms with van der Waals surface area (Å²) in [6.45, 7) is 0.536. The molecule has 0 aliphatic rings. The van der Waals surface area contributed by atoms with Crippen LogP contribution < -0.4 is 14.8 Å². The van der Waals surface area contributed by atoms with Gasteiger partial charge in [0.2, 0.25) is 17.6 Å². The van der Waals surface area contributed by atoms with Crippen LogP contribution in [0.25, 0.3) is 10.7 Å². The molecule has 2 aromatic heterocycles. The van der Waals surface area contributed by atoms with E-state index >= 15 is 0 Å². The van der Waals surface area contributed by atoms with Crippen molar-refractivity contribution in [3.8, 4) is 34.5 Å². The normalized spacial score (nSPS) is 10.3. The molecule has 1 N–H and O–H groups in total. The standard InChI is InChI=1S/C21H21N3O4S/c1-3-11-27-17-13-15(9-10-16(17)26-2)14-22-19(25)7-4-8-20-23-21(24-28-20)18-6-5-12-29-18/h1,5-6,9-10,12-13H,4,7-8,11,14H2,2H3,(H,22,25). The van der Waals surface area contributed by atoms with Crippen LogP contribution in [-0.2, 0) is 17.8 Å². The van der Waals surface area contributed by atoms with E-state index in [0.29, 0.717) is 49.0 Å². The third-order valence-corrected chi connectivity index (χ3v) is 4.90. The van der Waals surface area contributed by atoms with Gasteiger partial charge < -0.3 is 19.3 Å². The van der Waals surface area contributed by atoms with E-state index in [2.05, 4.69) is 21.4 Å². The Morgan fingerprint density at radius 3 is 3.00 bits per heavy atom. The maximum atomic E-state index is 12.1. The zero-order valence-electron chi connectivity index (χ0n) is 16.0. The van der Waals surface area contributed by atoms with Crippen LogP contribution in [0.3, 0.4) is 0 Å². The number of thiophene rings is 1. The lowest BCUT2D eigenvalue weighted by molar-refractivity contribution is -0.121. The molecule has 3 aromatic rings. The molecule has 150 valence electrons. The van der Waals surface area contributed by atoms with E-state index in [4.69, 9.17) is 20.4 Å². The maximum absolute atomic E-state index is 12.1. The van der Waals surface area contributed by atoms with Crippen molar-refractivity contribution < 1.29 is 18.8 Å². The van der Waals surface area contributed by atoms with Crippen LogP contribution in [0.4, 0.5) is 0 Å². The first kappa shape index (κ1) is 20.4. The minimum absolute atomic E-state index is 0.0510. The van der Waals surface area contributed by atoms with Crippen LogP contribution in [-0.4, -0.2) is 29.8 Å². The average molecular weight is 411 g/mol. The van der Waals surface area contributed by atoms with Gasteiger partial charge in [-0.05, 0) is 35.6 Å². The van der Waals surface area contributed by atoms with E-state index in [1.165, 1.54) is 0 Å². The number of nitrogens with zero attached hydrogens (tertiary/aromatic N) is 2. The summed E-state index contributed by atoms with van der Waals surface area (Å²) in [5.41, 5.74) is 0.892. The van der Waals surface area contributed by atoms with Gasteiger partial charge >= 0.3 is 0 Å². The second-order valence-corrected chi connectivity index (χ2v) is 7.05. The second kappa shape index (κ2) is 10.3. The monoisotopic (exact) mass is 411 g/mol. The SMILES string of the molecule is C#CCOc1cc(CNC(=O)CCCc2nc(-c3cccs3)no2)ccc1OC. The van der Waals surface area contributed by atoms with Crippen molar-refractivity contribution in [2.45, 2.75) is 25.8 Å². The lowest BCUT2D eigenvalue weighted by Gasteiger charge is -2.11. The number of ether oxygens (including phenoxy) is 2. The molecule has 0 aliphatic carbocycles. The first-order valence-electron chi connectivity index (χ1n) is 9.06. The Hall–Kier alpha value is -3.31. The van der Waals surface area contributed by atoms with Crippen molar-refractivity contribution in [1.82, 2.24) is 15.5 Å². The van der Waals surface area contributed by atoms with Gasteiger partial charge in [-0.1, -0.05) is 23.2 Å². The molecule has 0 bridgehead atoms. The number of carbonyl (C=O) groups excluding carboxylic acids is 1. The molecule has 3 rings (SSSR count). The summed E-state index contributed by atoms with van der Waals surface area (Å²) in [4.78, 5) is 17.4. The number of carbonyl (C=O) groups is 1. The van der Waals surface area contributed by atoms with Crippen molar-refractivity contribution in [3.05, 3.63) is 47.2 Å². The lowest BCUT2D eigenvalue weighted by Crippen LogP contribution is -2.22. The quantitative estimate of drug-likeness (QED) is 0.514. The summed E-state index contributed by atoms with van der Waals surface area (Å²) >= 11 is 1.55. The predicted molar refractivity (Wildman–Crippen MR) is 110 cm³/mol. The molecule has 2 heterocycles. The second-order valence-electron chi connectivity index (χ2n) is 6.10. The zero-order valence-corrected chi connectivity index (χ0v) is 16.8. The van der Waals surface area contributed by atoms with Gasteiger partial charge in [-0.2, -0.15) is 4.98 Å². The minimum atomic E-state index is -0.0510. The third-order valence-electron chi connectivity index (χ3n) is 4.03. The molecule has 1 aromatic carbocycles. The number of hydrogen-bond donors (Lipinski definition) is 1. The molecule has 0 radical (unpaired) electrons. The molecule has 8 heteroatoms. The highest BCUT2D eigenvalue weighted by Gasteiger charge is 2.11. The molecule has 29 heavy (non-hydrogen) atoms. The van der Waals surface area contributed by atoms with Crippen molar-refractivity contribution >= 4 is 17.2 Å². The van der Waals surface area contributed by atoms with E-state index in [-0.39, 0.29) is 12.5 Å². The first-order valence-corrected chi connectivity index (χ1v) is 9.94. The van der Waals surface area contributed by atoms with E-state index in [1.54, 1.807) is 30.6 Å². The number of methoxy groups -OCH3 is 1. The fraction of sp³-hybridized carbons (Fsp3) is 0.286. The number of aromatic nitrogens is 2. The lowest BCUT2D eigenvalue weighted by atomic mass is 10.2. The van der Waals surface area contributed by atoms with Crippen LogP contribution in [0.1, 0.15) is 24.3 Å². The molecule has 0 unspecified atom stereocenters. The van der Waals surface area contributed by atoms with E-state index in [1.807, 2.05) is 23.6 Å². The number of terminal acetylenes is 1. The van der Waals surface area contributed by atoms with Crippen molar-refractivity contribution in [1.29, 1.82) is 0 Å². The topological polar surface area (TPSA) is 86.5 Å². The Balaban J connectivity index is 1.44. The smallest absolute Gasteiger partial charge is 0.226 e. The minimum Gasteiger partial charge on any atom is -0.493 e. The predicted octanol–water partition coefficient (Wildman–Crippen LogP) is 3.46. The van der Waals surface area contributed by atoms with Gasteiger partial charge in [0.15, 0.2) is 11.5 Å². The summed E-state index contributed by atoms with van der Waals surface area (Å²) in [5, 5.41) is 8.82. The molecule has 0 atom stereocenters. The molecule has 0 fully saturated rings. The Labute approximate surface area is 173 Å². The summed E-state index contributed by atoms with van der Waals surface area (Å²) in [7, 11) is 1.56. The van der Waals surface area contributed by atoms with Gasteiger partial charge in [0.05, 0.1) is 12.0 Å². The van der Waals surface area contributed by atoms with E-state index in [0.717, 1.165) is 10.4 Å². The largest absolute Gasteiger partial charge is 0.493 e. The fourth-order valence-electron chi connectivity index (χ4n) is 2.61. The van der Waals surface area contributed by atoms with Crippen molar-refractivity contribution in [2.24, 2.45) is 0 Å². The van der Waals surface area contributed by atoms with Gasteiger partial charge in [0.25, 0.3) is 0 Å². The Bertz CT molecular complexity index is 976. The summed E-state index contributed by atoms with van der Waals surface area (Å²) < 4.78 is 16.0. The summed E-state index contributed by atoms with van der Waals surface area (Å²) in [6.07, 6.45) is 6.78. The third kappa shape index (κ3) is 5.83.